The molecular weight excluding hydrogens is 206 g/mol. The topological polar surface area (TPSA) is 26.0 Å². The first-order chi connectivity index (χ1) is 8.19. The molecule has 1 nitrogen and oxygen atoms in total. The molecule has 0 bridgehead atoms. The molecule has 4 unspecified atom stereocenters. The monoisotopic (exact) mass is 237 g/mol. The highest BCUT2D eigenvalue weighted by Gasteiger charge is 2.57. The number of rotatable bonds is 8. The third kappa shape index (κ3) is 3.24. The number of hydrogen-bond acceptors (Lipinski definition) is 1. The van der Waals surface area contributed by atoms with Crippen molar-refractivity contribution < 1.29 is 0 Å². The summed E-state index contributed by atoms with van der Waals surface area (Å²) in [4.78, 5) is 0. The van der Waals surface area contributed by atoms with Gasteiger partial charge in [0.15, 0.2) is 0 Å². The summed E-state index contributed by atoms with van der Waals surface area (Å²) in [6, 6.07) is 0. The zero-order chi connectivity index (χ0) is 12.4. The molecule has 2 fully saturated rings. The molecule has 0 aromatic rings. The predicted octanol–water partition coefficient (Wildman–Crippen LogP) is 4.07. The van der Waals surface area contributed by atoms with Crippen LogP contribution >= 0.6 is 0 Å². The quantitative estimate of drug-likeness (QED) is 0.676. The predicted molar refractivity (Wildman–Crippen MR) is 74.7 cm³/mol. The molecule has 17 heavy (non-hydrogen) atoms. The number of unbranched alkanes of at least 4 members (excludes halogenated alkanes) is 1. The minimum absolute atomic E-state index is 0.877. The van der Waals surface area contributed by atoms with Crippen LogP contribution in [0.2, 0.25) is 0 Å². The van der Waals surface area contributed by atoms with E-state index in [4.69, 9.17) is 5.73 Å². The van der Waals surface area contributed by atoms with Gasteiger partial charge in [-0.1, -0.05) is 46.5 Å². The van der Waals surface area contributed by atoms with Gasteiger partial charge in [-0.25, -0.2) is 0 Å². The Morgan fingerprint density at radius 2 is 2.06 bits per heavy atom. The Hall–Kier alpha value is -0.0400. The summed E-state index contributed by atoms with van der Waals surface area (Å²) in [6.07, 6.45) is 8.70. The summed E-state index contributed by atoms with van der Waals surface area (Å²) in [7, 11) is 0. The van der Waals surface area contributed by atoms with E-state index in [1.165, 1.54) is 38.5 Å². The number of hydrogen-bond donors (Lipinski definition) is 1. The van der Waals surface area contributed by atoms with E-state index >= 15 is 0 Å². The van der Waals surface area contributed by atoms with E-state index in [9.17, 15) is 0 Å². The van der Waals surface area contributed by atoms with Crippen LogP contribution in [0.4, 0.5) is 0 Å². The first kappa shape index (κ1) is 13.4. The molecule has 0 spiro atoms. The molecule has 0 radical (unpaired) electrons. The van der Waals surface area contributed by atoms with Crippen LogP contribution in [0.5, 0.6) is 0 Å². The van der Waals surface area contributed by atoms with E-state index in [1.807, 2.05) is 0 Å². The largest absolute Gasteiger partial charge is 0.330 e. The van der Waals surface area contributed by atoms with Gasteiger partial charge in [0.2, 0.25) is 0 Å². The second kappa shape index (κ2) is 5.73. The van der Waals surface area contributed by atoms with Crippen LogP contribution in [-0.2, 0) is 0 Å². The second-order valence-electron chi connectivity index (χ2n) is 6.82. The molecule has 2 rings (SSSR count). The van der Waals surface area contributed by atoms with Crippen molar-refractivity contribution in [1.82, 2.24) is 0 Å². The lowest BCUT2D eigenvalue weighted by molar-refractivity contribution is 0.427. The van der Waals surface area contributed by atoms with E-state index in [0.717, 1.165) is 42.1 Å². The number of nitrogens with two attached hydrogens (primary N) is 1. The maximum Gasteiger partial charge on any atom is -0.00434 e. The highest BCUT2D eigenvalue weighted by atomic mass is 14.7. The van der Waals surface area contributed by atoms with Crippen LogP contribution in [-0.4, -0.2) is 6.54 Å². The van der Waals surface area contributed by atoms with E-state index in [-0.39, 0.29) is 0 Å². The van der Waals surface area contributed by atoms with E-state index in [0.29, 0.717) is 0 Å². The molecule has 0 aromatic carbocycles. The lowest BCUT2D eigenvalue weighted by atomic mass is 9.96. The van der Waals surface area contributed by atoms with Crippen LogP contribution in [0.25, 0.3) is 0 Å². The van der Waals surface area contributed by atoms with Gasteiger partial charge in [0, 0.05) is 0 Å². The molecule has 2 N–H and O–H groups in total. The van der Waals surface area contributed by atoms with Crippen LogP contribution in [0.3, 0.4) is 0 Å². The summed E-state index contributed by atoms with van der Waals surface area (Å²) in [6.45, 7) is 8.07. The van der Waals surface area contributed by atoms with Gasteiger partial charge in [0.25, 0.3) is 0 Å². The van der Waals surface area contributed by atoms with Gasteiger partial charge in [-0.3, -0.25) is 0 Å². The lowest BCUT2D eigenvalue weighted by Gasteiger charge is -2.10. The molecule has 100 valence electrons. The van der Waals surface area contributed by atoms with Crippen LogP contribution in [0.15, 0.2) is 0 Å². The third-order valence-corrected chi connectivity index (χ3v) is 5.46. The second-order valence-corrected chi connectivity index (χ2v) is 6.82. The van der Waals surface area contributed by atoms with Crippen molar-refractivity contribution >= 4 is 0 Å². The Kier molecular flexibility index (Phi) is 4.52. The zero-order valence-electron chi connectivity index (χ0n) is 12.0. The van der Waals surface area contributed by atoms with Crippen LogP contribution in [0.1, 0.15) is 59.3 Å². The Morgan fingerprint density at radius 1 is 1.29 bits per heavy atom. The Bertz CT molecular complexity index is 238. The van der Waals surface area contributed by atoms with Gasteiger partial charge in [-0.05, 0) is 54.9 Å². The normalized spacial score (nSPS) is 41.3. The van der Waals surface area contributed by atoms with Crippen LogP contribution < -0.4 is 5.73 Å². The van der Waals surface area contributed by atoms with E-state index in [2.05, 4.69) is 20.8 Å². The van der Waals surface area contributed by atoms with Gasteiger partial charge in [-0.15, -0.1) is 0 Å². The van der Waals surface area contributed by atoms with Gasteiger partial charge in [0.1, 0.15) is 0 Å². The molecule has 0 aliphatic heterocycles. The van der Waals surface area contributed by atoms with Gasteiger partial charge in [0.05, 0.1) is 0 Å². The Labute approximate surface area is 108 Å². The smallest absolute Gasteiger partial charge is 0.00434 e. The Balaban J connectivity index is 1.58. The minimum atomic E-state index is 0.877. The first-order valence-electron chi connectivity index (χ1n) is 7.89. The molecule has 0 amide bonds. The fourth-order valence-electron chi connectivity index (χ4n) is 3.93. The fraction of sp³-hybridized carbons (Fsp3) is 1.00. The summed E-state index contributed by atoms with van der Waals surface area (Å²) < 4.78 is 0. The zero-order valence-corrected chi connectivity index (χ0v) is 12.0. The van der Waals surface area contributed by atoms with Crippen molar-refractivity contribution in [2.45, 2.75) is 59.3 Å². The molecule has 0 saturated heterocycles. The maximum absolute atomic E-state index is 5.80. The maximum atomic E-state index is 5.80. The van der Waals surface area contributed by atoms with Crippen molar-refractivity contribution in [3.63, 3.8) is 0 Å². The van der Waals surface area contributed by atoms with Gasteiger partial charge >= 0.3 is 0 Å². The molecule has 0 aromatic heterocycles. The van der Waals surface area contributed by atoms with Crippen molar-refractivity contribution in [3.8, 4) is 0 Å². The molecule has 2 saturated carbocycles. The molecule has 6 atom stereocenters. The summed E-state index contributed by atoms with van der Waals surface area (Å²) in [5.74, 6) is 5.92. The van der Waals surface area contributed by atoms with Crippen molar-refractivity contribution in [3.05, 3.63) is 0 Å². The third-order valence-electron chi connectivity index (χ3n) is 5.46. The highest BCUT2D eigenvalue weighted by Crippen LogP contribution is 2.62. The van der Waals surface area contributed by atoms with Crippen molar-refractivity contribution in [1.29, 1.82) is 0 Å². The van der Waals surface area contributed by atoms with Crippen LogP contribution in [0, 0.1) is 35.5 Å². The SMILES string of the molecule is CCCCC(C)CCC1CC1[C@@H]1C(CN)[C@@H]1C. The van der Waals surface area contributed by atoms with E-state index in [1.54, 1.807) is 0 Å². The van der Waals surface area contributed by atoms with Crippen molar-refractivity contribution in [2.24, 2.45) is 41.2 Å². The van der Waals surface area contributed by atoms with Crippen molar-refractivity contribution in [2.75, 3.05) is 6.54 Å². The average Bonchev–Trinajstić information content (AvgIpc) is 3.19. The van der Waals surface area contributed by atoms with E-state index < -0.39 is 0 Å². The highest BCUT2D eigenvalue weighted by molar-refractivity contribution is 5.06. The molecule has 1 heteroatoms. The van der Waals surface area contributed by atoms with Gasteiger partial charge < -0.3 is 5.73 Å². The summed E-state index contributed by atoms with van der Waals surface area (Å²) >= 11 is 0. The molecular formula is C16H31N. The fourth-order valence-corrected chi connectivity index (χ4v) is 3.93. The molecule has 2 aliphatic carbocycles. The standard InChI is InChI=1S/C16H31N/c1-4-5-6-11(2)7-8-13-9-14(13)16-12(3)15(16)10-17/h11-16H,4-10,17H2,1-3H3/t11?,12-,13?,14?,15?,16+/m0/s1. The minimum Gasteiger partial charge on any atom is -0.330 e. The average molecular weight is 237 g/mol. The first-order valence-corrected chi connectivity index (χ1v) is 7.89. The summed E-state index contributed by atoms with van der Waals surface area (Å²) in [5, 5.41) is 0. The summed E-state index contributed by atoms with van der Waals surface area (Å²) in [5.41, 5.74) is 5.80. The van der Waals surface area contributed by atoms with Gasteiger partial charge in [-0.2, -0.15) is 0 Å². The molecule has 2 aliphatic rings. The molecule has 0 heterocycles. The Morgan fingerprint density at radius 3 is 2.65 bits per heavy atom. The lowest BCUT2D eigenvalue weighted by Crippen LogP contribution is -2.04.